The molecular weight excluding hydrogens is 278 g/mol. The van der Waals surface area contributed by atoms with Gasteiger partial charge in [-0.3, -0.25) is 0 Å². The van der Waals surface area contributed by atoms with Crippen LogP contribution in [-0.2, 0) is 9.84 Å². The second-order valence-electron chi connectivity index (χ2n) is 3.87. The third kappa shape index (κ3) is 2.24. The standard InChI is InChI=1S/C10H12BrNO2S/c11-9-4-2-1-3-7(9)8-5-15(13,14)6-10(8)12/h1-4,8,10H,5-6,12H2. The van der Waals surface area contributed by atoms with E-state index in [0.717, 1.165) is 10.0 Å². The maximum atomic E-state index is 11.4. The lowest BCUT2D eigenvalue weighted by Gasteiger charge is -2.15. The smallest absolute Gasteiger partial charge is 0.152 e. The lowest BCUT2D eigenvalue weighted by atomic mass is 9.95. The summed E-state index contributed by atoms with van der Waals surface area (Å²) < 4.78 is 23.8. The number of hydrogen-bond donors (Lipinski definition) is 1. The molecule has 2 N–H and O–H groups in total. The summed E-state index contributed by atoms with van der Waals surface area (Å²) in [6.07, 6.45) is 0. The van der Waals surface area contributed by atoms with Crippen LogP contribution in [0.5, 0.6) is 0 Å². The van der Waals surface area contributed by atoms with Gasteiger partial charge in [-0.25, -0.2) is 8.42 Å². The van der Waals surface area contributed by atoms with Gasteiger partial charge in [-0.2, -0.15) is 0 Å². The Morgan fingerprint density at radius 2 is 1.93 bits per heavy atom. The first-order valence-corrected chi connectivity index (χ1v) is 7.31. The molecule has 3 nitrogen and oxygen atoms in total. The van der Waals surface area contributed by atoms with Crippen molar-refractivity contribution in [1.82, 2.24) is 0 Å². The van der Waals surface area contributed by atoms with Gasteiger partial charge in [-0.15, -0.1) is 0 Å². The minimum absolute atomic E-state index is 0.0782. The van der Waals surface area contributed by atoms with E-state index in [1.54, 1.807) is 0 Å². The van der Waals surface area contributed by atoms with Crippen molar-refractivity contribution in [2.45, 2.75) is 12.0 Å². The van der Waals surface area contributed by atoms with Gasteiger partial charge in [-0.05, 0) is 11.6 Å². The highest BCUT2D eigenvalue weighted by Gasteiger charge is 2.36. The number of hydrogen-bond acceptors (Lipinski definition) is 3. The molecule has 0 aliphatic carbocycles. The van der Waals surface area contributed by atoms with Crippen LogP contribution >= 0.6 is 15.9 Å². The van der Waals surface area contributed by atoms with Crippen molar-refractivity contribution in [2.24, 2.45) is 5.73 Å². The molecule has 82 valence electrons. The Balaban J connectivity index is 2.38. The van der Waals surface area contributed by atoms with E-state index in [2.05, 4.69) is 15.9 Å². The van der Waals surface area contributed by atoms with E-state index in [1.807, 2.05) is 24.3 Å². The molecule has 2 atom stereocenters. The molecule has 1 aromatic carbocycles. The van der Waals surface area contributed by atoms with Crippen LogP contribution < -0.4 is 5.73 Å². The van der Waals surface area contributed by atoms with Crippen molar-refractivity contribution >= 4 is 25.8 Å². The lowest BCUT2D eigenvalue weighted by Crippen LogP contribution is -2.27. The summed E-state index contributed by atoms with van der Waals surface area (Å²) in [5.74, 6) is 0.182. The highest BCUT2D eigenvalue weighted by atomic mass is 79.9. The summed E-state index contributed by atoms with van der Waals surface area (Å²) >= 11 is 3.42. The Hall–Kier alpha value is -0.390. The van der Waals surface area contributed by atoms with E-state index in [-0.39, 0.29) is 23.5 Å². The SMILES string of the molecule is NC1CS(=O)(=O)CC1c1ccccc1Br. The molecule has 1 aromatic rings. The fraction of sp³-hybridized carbons (Fsp3) is 0.400. The maximum absolute atomic E-state index is 11.4. The van der Waals surface area contributed by atoms with Crippen LogP contribution in [0.15, 0.2) is 28.7 Å². The zero-order valence-corrected chi connectivity index (χ0v) is 10.5. The summed E-state index contributed by atoms with van der Waals surface area (Å²) in [6.45, 7) is 0. The van der Waals surface area contributed by atoms with Gasteiger partial charge in [0.25, 0.3) is 0 Å². The molecule has 1 fully saturated rings. The zero-order valence-electron chi connectivity index (χ0n) is 8.06. The molecule has 5 heteroatoms. The second-order valence-corrected chi connectivity index (χ2v) is 6.88. The van der Waals surface area contributed by atoms with Crippen molar-refractivity contribution in [2.75, 3.05) is 11.5 Å². The van der Waals surface area contributed by atoms with Crippen LogP contribution in [0.4, 0.5) is 0 Å². The molecule has 1 heterocycles. The van der Waals surface area contributed by atoms with Gasteiger partial charge in [0, 0.05) is 16.4 Å². The molecular formula is C10H12BrNO2S. The van der Waals surface area contributed by atoms with Gasteiger partial charge in [0.2, 0.25) is 0 Å². The summed E-state index contributed by atoms with van der Waals surface area (Å²) in [4.78, 5) is 0. The van der Waals surface area contributed by atoms with E-state index >= 15 is 0 Å². The van der Waals surface area contributed by atoms with E-state index < -0.39 is 9.84 Å². The van der Waals surface area contributed by atoms with E-state index in [0.29, 0.717) is 0 Å². The molecule has 1 aliphatic rings. The van der Waals surface area contributed by atoms with Crippen molar-refractivity contribution in [3.63, 3.8) is 0 Å². The molecule has 2 unspecified atom stereocenters. The Morgan fingerprint density at radius 3 is 2.47 bits per heavy atom. The number of benzene rings is 1. The van der Waals surface area contributed by atoms with Crippen molar-refractivity contribution in [3.05, 3.63) is 34.3 Å². The number of rotatable bonds is 1. The van der Waals surface area contributed by atoms with Crippen LogP contribution in [0.2, 0.25) is 0 Å². The summed E-state index contributed by atoms with van der Waals surface area (Å²) in [7, 11) is -2.96. The number of halogens is 1. The minimum Gasteiger partial charge on any atom is -0.326 e. The highest BCUT2D eigenvalue weighted by molar-refractivity contribution is 9.10. The van der Waals surface area contributed by atoms with E-state index in [4.69, 9.17) is 5.73 Å². The minimum atomic E-state index is -2.96. The molecule has 0 bridgehead atoms. The fourth-order valence-electron chi connectivity index (χ4n) is 1.97. The Kier molecular flexibility index (Phi) is 2.87. The predicted octanol–water partition coefficient (Wildman–Crippen LogP) is 1.29. The number of sulfone groups is 1. The summed E-state index contributed by atoms with van der Waals surface area (Å²) in [5.41, 5.74) is 6.85. The van der Waals surface area contributed by atoms with Crippen LogP contribution in [0.25, 0.3) is 0 Å². The van der Waals surface area contributed by atoms with E-state index in [1.165, 1.54) is 0 Å². The molecule has 0 radical (unpaired) electrons. The summed E-state index contributed by atoms with van der Waals surface area (Å²) in [5, 5.41) is 0. The Morgan fingerprint density at radius 1 is 1.27 bits per heavy atom. The van der Waals surface area contributed by atoms with Gasteiger partial charge in [0.15, 0.2) is 9.84 Å². The third-order valence-corrected chi connectivity index (χ3v) is 5.18. The largest absolute Gasteiger partial charge is 0.326 e. The molecule has 0 amide bonds. The van der Waals surface area contributed by atoms with Crippen molar-refractivity contribution < 1.29 is 8.42 Å². The fourth-order valence-corrected chi connectivity index (χ4v) is 4.48. The first-order valence-electron chi connectivity index (χ1n) is 4.70. The third-order valence-electron chi connectivity index (χ3n) is 2.70. The van der Waals surface area contributed by atoms with Crippen LogP contribution in [0.3, 0.4) is 0 Å². The average Bonchev–Trinajstić information content (AvgIpc) is 2.40. The van der Waals surface area contributed by atoms with Crippen LogP contribution in [-0.4, -0.2) is 26.0 Å². The molecule has 2 rings (SSSR count). The monoisotopic (exact) mass is 289 g/mol. The molecule has 1 aliphatic heterocycles. The van der Waals surface area contributed by atoms with Crippen molar-refractivity contribution in [1.29, 1.82) is 0 Å². The van der Waals surface area contributed by atoms with Gasteiger partial charge < -0.3 is 5.73 Å². The zero-order chi connectivity index (χ0) is 11.1. The molecule has 1 saturated heterocycles. The lowest BCUT2D eigenvalue weighted by molar-refractivity contribution is 0.601. The van der Waals surface area contributed by atoms with Crippen LogP contribution in [0.1, 0.15) is 11.5 Å². The number of nitrogens with two attached hydrogens (primary N) is 1. The van der Waals surface area contributed by atoms with Gasteiger partial charge in [0.05, 0.1) is 11.5 Å². The quantitative estimate of drug-likeness (QED) is 0.847. The topological polar surface area (TPSA) is 60.2 Å². The summed E-state index contributed by atoms with van der Waals surface area (Å²) in [6, 6.07) is 7.36. The Bertz CT molecular complexity index is 472. The molecule has 0 aromatic heterocycles. The molecule has 0 spiro atoms. The maximum Gasteiger partial charge on any atom is 0.152 e. The predicted molar refractivity (Wildman–Crippen MR) is 63.5 cm³/mol. The highest BCUT2D eigenvalue weighted by Crippen LogP contribution is 2.32. The van der Waals surface area contributed by atoms with Crippen LogP contribution in [0, 0.1) is 0 Å². The normalized spacial score (nSPS) is 29.2. The van der Waals surface area contributed by atoms with Crippen molar-refractivity contribution in [3.8, 4) is 0 Å². The van der Waals surface area contributed by atoms with Gasteiger partial charge in [0.1, 0.15) is 0 Å². The first-order chi connectivity index (χ1) is 6.99. The van der Waals surface area contributed by atoms with Gasteiger partial charge >= 0.3 is 0 Å². The average molecular weight is 290 g/mol. The Labute approximate surface area is 97.7 Å². The first kappa shape index (κ1) is 11.1. The molecule has 0 saturated carbocycles. The van der Waals surface area contributed by atoms with Gasteiger partial charge in [-0.1, -0.05) is 34.1 Å². The second kappa shape index (κ2) is 3.88. The van der Waals surface area contributed by atoms with E-state index in [9.17, 15) is 8.42 Å². The molecule has 15 heavy (non-hydrogen) atoms.